The molecule has 3 aromatic rings. The lowest BCUT2D eigenvalue weighted by Crippen LogP contribution is -2.30. The largest absolute Gasteiger partial charge is 0.494 e. The topological polar surface area (TPSA) is 46.2 Å². The Bertz CT molecular complexity index is 965. The number of nitrogens with one attached hydrogen (secondary N) is 2. The van der Waals surface area contributed by atoms with Gasteiger partial charge in [-0.1, -0.05) is 29.3 Å². The van der Waals surface area contributed by atoms with Crippen molar-refractivity contribution in [2.24, 2.45) is 0 Å². The van der Waals surface area contributed by atoms with E-state index in [2.05, 4.69) is 15.6 Å². The Hall–Kier alpha value is -1.73. The first-order chi connectivity index (χ1) is 13.6. The summed E-state index contributed by atoms with van der Waals surface area (Å²) in [4.78, 5) is 4.40. The van der Waals surface area contributed by atoms with Crippen LogP contribution in [0.3, 0.4) is 0 Å². The van der Waals surface area contributed by atoms with Gasteiger partial charge >= 0.3 is 0 Å². The molecule has 0 spiro atoms. The molecular formula is C20H19Cl2N3OS2. The Kier molecular flexibility index (Phi) is 7.62. The Morgan fingerprint density at radius 1 is 1.14 bits per heavy atom. The van der Waals surface area contributed by atoms with Gasteiger partial charge in [-0.2, -0.15) is 11.8 Å². The van der Waals surface area contributed by atoms with E-state index in [0.717, 1.165) is 46.0 Å². The average Bonchev–Trinajstić information content (AvgIpc) is 2.70. The molecule has 0 aliphatic carbocycles. The van der Waals surface area contributed by atoms with Crippen LogP contribution in [0.25, 0.3) is 10.9 Å². The highest BCUT2D eigenvalue weighted by atomic mass is 35.5. The van der Waals surface area contributed by atoms with Gasteiger partial charge in [0.25, 0.3) is 0 Å². The number of fused-ring (bicyclic) bond motifs is 1. The van der Waals surface area contributed by atoms with Crippen LogP contribution in [0.2, 0.25) is 10.0 Å². The zero-order valence-corrected chi connectivity index (χ0v) is 18.3. The predicted molar refractivity (Wildman–Crippen MR) is 125 cm³/mol. The zero-order chi connectivity index (χ0) is 19.9. The van der Waals surface area contributed by atoms with Crippen molar-refractivity contribution in [2.45, 2.75) is 5.75 Å². The van der Waals surface area contributed by atoms with Gasteiger partial charge in [0.1, 0.15) is 11.3 Å². The fourth-order valence-electron chi connectivity index (χ4n) is 2.67. The molecule has 4 nitrogen and oxygen atoms in total. The first-order valence-corrected chi connectivity index (χ1v) is 10.9. The summed E-state index contributed by atoms with van der Waals surface area (Å²) >= 11 is 19.6. The maximum atomic E-state index is 6.19. The molecule has 0 aliphatic rings. The number of rotatable bonds is 7. The molecule has 2 aromatic carbocycles. The molecule has 1 aromatic heterocycles. The summed E-state index contributed by atoms with van der Waals surface area (Å²) in [5, 5.41) is 9.37. The molecule has 146 valence electrons. The second kappa shape index (κ2) is 10.2. The highest BCUT2D eigenvalue weighted by Crippen LogP contribution is 2.30. The highest BCUT2D eigenvalue weighted by molar-refractivity contribution is 7.98. The average molecular weight is 452 g/mol. The third kappa shape index (κ3) is 5.20. The van der Waals surface area contributed by atoms with Crippen LogP contribution in [-0.4, -0.2) is 29.5 Å². The van der Waals surface area contributed by atoms with E-state index in [1.165, 1.54) is 0 Å². The molecule has 0 radical (unpaired) electrons. The van der Waals surface area contributed by atoms with Crippen molar-refractivity contribution >= 4 is 68.9 Å². The second-order valence-electron chi connectivity index (χ2n) is 5.85. The first-order valence-electron chi connectivity index (χ1n) is 8.57. The fourth-order valence-corrected chi connectivity index (χ4v) is 4.48. The lowest BCUT2D eigenvalue weighted by molar-refractivity contribution is 0.419. The number of nitrogens with zero attached hydrogens (tertiary/aromatic N) is 1. The fraction of sp³-hybridized carbons (Fsp3) is 0.200. The molecule has 28 heavy (non-hydrogen) atoms. The summed E-state index contributed by atoms with van der Waals surface area (Å²) in [6, 6.07) is 13.2. The van der Waals surface area contributed by atoms with Gasteiger partial charge in [-0.05, 0) is 54.2 Å². The number of pyridine rings is 1. The molecule has 0 unspecified atom stereocenters. The molecule has 8 heteroatoms. The van der Waals surface area contributed by atoms with Crippen LogP contribution in [0.5, 0.6) is 5.75 Å². The van der Waals surface area contributed by atoms with E-state index in [0.29, 0.717) is 15.2 Å². The summed E-state index contributed by atoms with van der Waals surface area (Å²) in [7, 11) is 1.64. The van der Waals surface area contributed by atoms with Gasteiger partial charge in [0.05, 0.1) is 7.11 Å². The number of halogens is 2. The van der Waals surface area contributed by atoms with Gasteiger partial charge in [0.2, 0.25) is 0 Å². The summed E-state index contributed by atoms with van der Waals surface area (Å²) in [5.41, 5.74) is 2.65. The van der Waals surface area contributed by atoms with Gasteiger partial charge in [-0.25, -0.2) is 0 Å². The number of thiocarbonyl (C=S) groups is 1. The predicted octanol–water partition coefficient (Wildman–Crippen LogP) is 5.77. The number of aromatic nitrogens is 1. The van der Waals surface area contributed by atoms with Gasteiger partial charge in [-0.15, -0.1) is 0 Å². The lowest BCUT2D eigenvalue weighted by atomic mass is 10.1. The smallest absolute Gasteiger partial charge is 0.170 e. The van der Waals surface area contributed by atoms with Gasteiger partial charge in [-0.3, -0.25) is 4.98 Å². The molecule has 0 saturated carbocycles. The second-order valence-corrected chi connectivity index (χ2v) is 8.18. The minimum Gasteiger partial charge on any atom is -0.494 e. The SMILES string of the molecule is COc1ccc(NC(=S)NCCSCc2c(Cl)cccc2Cl)c2cccnc12. The van der Waals surface area contributed by atoms with Crippen LogP contribution in [0.1, 0.15) is 5.56 Å². The van der Waals surface area contributed by atoms with Crippen molar-refractivity contribution in [3.8, 4) is 5.75 Å². The van der Waals surface area contributed by atoms with Crippen LogP contribution < -0.4 is 15.4 Å². The molecule has 3 rings (SSSR count). The number of hydrogen-bond donors (Lipinski definition) is 2. The summed E-state index contributed by atoms with van der Waals surface area (Å²) < 4.78 is 5.37. The number of benzene rings is 2. The maximum absolute atomic E-state index is 6.19. The molecule has 0 fully saturated rings. The zero-order valence-electron chi connectivity index (χ0n) is 15.2. The number of anilines is 1. The van der Waals surface area contributed by atoms with Gasteiger partial charge in [0.15, 0.2) is 5.11 Å². The van der Waals surface area contributed by atoms with E-state index in [4.69, 9.17) is 40.2 Å². The Balaban J connectivity index is 1.51. The lowest BCUT2D eigenvalue weighted by Gasteiger charge is -2.14. The molecule has 0 saturated heterocycles. The molecule has 0 aliphatic heterocycles. The van der Waals surface area contributed by atoms with E-state index >= 15 is 0 Å². The van der Waals surface area contributed by atoms with E-state index in [1.54, 1.807) is 25.1 Å². The molecule has 1 heterocycles. The number of methoxy groups -OCH3 is 1. The van der Waals surface area contributed by atoms with Crippen molar-refractivity contribution in [2.75, 3.05) is 24.7 Å². The van der Waals surface area contributed by atoms with E-state index in [9.17, 15) is 0 Å². The quantitative estimate of drug-likeness (QED) is 0.351. The van der Waals surface area contributed by atoms with Crippen LogP contribution in [0, 0.1) is 0 Å². The van der Waals surface area contributed by atoms with Crippen LogP contribution >= 0.6 is 47.2 Å². The van der Waals surface area contributed by atoms with Gasteiger partial charge in [0, 0.05) is 45.4 Å². The minimum atomic E-state index is 0.562. The Morgan fingerprint density at radius 3 is 2.68 bits per heavy atom. The van der Waals surface area contributed by atoms with E-state index in [1.807, 2.05) is 42.5 Å². The molecule has 2 N–H and O–H groups in total. The number of hydrogen-bond acceptors (Lipinski definition) is 4. The third-order valence-electron chi connectivity index (χ3n) is 4.04. The van der Waals surface area contributed by atoms with Crippen LogP contribution in [0.15, 0.2) is 48.7 Å². The highest BCUT2D eigenvalue weighted by Gasteiger charge is 2.09. The Morgan fingerprint density at radius 2 is 1.93 bits per heavy atom. The normalized spacial score (nSPS) is 10.7. The van der Waals surface area contributed by atoms with Crippen molar-refractivity contribution in [3.63, 3.8) is 0 Å². The van der Waals surface area contributed by atoms with Crippen molar-refractivity contribution < 1.29 is 4.74 Å². The molecule has 0 amide bonds. The molecular weight excluding hydrogens is 433 g/mol. The van der Waals surface area contributed by atoms with Crippen molar-refractivity contribution in [3.05, 3.63) is 64.3 Å². The summed E-state index contributed by atoms with van der Waals surface area (Å²) in [6.45, 7) is 0.727. The van der Waals surface area contributed by atoms with Crippen LogP contribution in [-0.2, 0) is 5.75 Å². The molecule has 0 bridgehead atoms. The Labute approximate surface area is 184 Å². The van der Waals surface area contributed by atoms with Crippen molar-refractivity contribution in [1.82, 2.24) is 10.3 Å². The summed E-state index contributed by atoms with van der Waals surface area (Å²) in [5.74, 6) is 2.36. The molecule has 0 atom stereocenters. The first kappa shape index (κ1) is 21.0. The summed E-state index contributed by atoms with van der Waals surface area (Å²) in [6.07, 6.45) is 1.74. The van der Waals surface area contributed by atoms with E-state index in [-0.39, 0.29) is 0 Å². The standard InChI is InChI=1S/C20H19Cl2N3OS2/c1-26-18-8-7-17(13-4-3-9-23-19(13)18)25-20(27)24-10-11-28-12-14-15(21)5-2-6-16(14)22/h2-9H,10-12H2,1H3,(H2,24,25,27). The third-order valence-corrected chi connectivity index (χ3v) is 5.98. The minimum absolute atomic E-state index is 0.562. The monoisotopic (exact) mass is 451 g/mol. The number of ether oxygens (including phenoxy) is 1. The van der Waals surface area contributed by atoms with Gasteiger partial charge < -0.3 is 15.4 Å². The van der Waals surface area contributed by atoms with E-state index < -0.39 is 0 Å². The van der Waals surface area contributed by atoms with Crippen LogP contribution in [0.4, 0.5) is 5.69 Å². The number of thioether (sulfide) groups is 1. The van der Waals surface area contributed by atoms with Crippen molar-refractivity contribution in [1.29, 1.82) is 0 Å². The maximum Gasteiger partial charge on any atom is 0.170 e.